The fraction of sp³-hybridized carbons (Fsp3) is 0.250. The first-order valence-electron chi connectivity index (χ1n) is 11.6. The van der Waals surface area contributed by atoms with Gasteiger partial charge in [0.1, 0.15) is 12.6 Å². The lowest BCUT2D eigenvalue weighted by Gasteiger charge is -2.20. The number of carboxylic acid groups (broad SMARTS) is 1. The first-order valence-corrected chi connectivity index (χ1v) is 11.6. The molecule has 3 aromatic rings. The van der Waals surface area contributed by atoms with Crippen LogP contribution in [0.4, 0.5) is 4.79 Å². The Kier molecular flexibility index (Phi) is 7.45. The second-order valence-electron chi connectivity index (χ2n) is 8.60. The number of amides is 2. The molecule has 2 amide bonds. The second-order valence-corrected chi connectivity index (χ2v) is 8.60. The molecule has 1 aliphatic rings. The Morgan fingerprint density at radius 3 is 2.11 bits per heavy atom. The normalized spacial score (nSPS) is 12.8. The van der Waals surface area contributed by atoms with Crippen LogP contribution in [0.15, 0.2) is 72.8 Å². The van der Waals surface area contributed by atoms with Gasteiger partial charge < -0.3 is 20.5 Å². The zero-order valence-electron chi connectivity index (χ0n) is 19.5. The fourth-order valence-electron chi connectivity index (χ4n) is 4.37. The maximum atomic E-state index is 12.9. The Morgan fingerprint density at radius 1 is 0.914 bits per heavy atom. The van der Waals surface area contributed by atoms with Crippen molar-refractivity contribution in [3.05, 3.63) is 95.1 Å². The van der Waals surface area contributed by atoms with Crippen LogP contribution in [0.3, 0.4) is 0 Å². The number of ether oxygens (including phenoxy) is 1. The van der Waals surface area contributed by atoms with E-state index in [0.717, 1.165) is 27.8 Å². The van der Waals surface area contributed by atoms with Gasteiger partial charge >= 0.3 is 12.1 Å². The number of carbonyl (C=O) groups is 3. The zero-order valence-corrected chi connectivity index (χ0v) is 19.5. The summed E-state index contributed by atoms with van der Waals surface area (Å²) in [5, 5.41) is 14.2. The number of carbonyl (C=O) groups excluding carboxylic acids is 2. The van der Waals surface area contributed by atoms with Gasteiger partial charge in [-0.1, -0.05) is 78.4 Å². The number of benzene rings is 3. The molecule has 3 N–H and O–H groups in total. The van der Waals surface area contributed by atoms with Crippen LogP contribution in [0.1, 0.15) is 47.1 Å². The molecule has 1 atom stereocenters. The molecule has 0 spiro atoms. The number of hydrogen-bond donors (Lipinski definition) is 3. The molecule has 1 aliphatic carbocycles. The molecular formula is C28H28N2O5. The molecule has 7 heteroatoms. The predicted molar refractivity (Wildman–Crippen MR) is 132 cm³/mol. The number of aryl methyl sites for hydroxylation is 1. The highest BCUT2D eigenvalue weighted by atomic mass is 16.5. The lowest BCUT2D eigenvalue weighted by molar-refractivity contribution is -0.137. The van der Waals surface area contributed by atoms with E-state index < -0.39 is 24.0 Å². The number of carboxylic acids is 1. The van der Waals surface area contributed by atoms with Crippen LogP contribution in [-0.4, -0.2) is 36.2 Å². The topological polar surface area (TPSA) is 105 Å². The Labute approximate surface area is 204 Å². The minimum Gasteiger partial charge on any atom is -0.481 e. The summed E-state index contributed by atoms with van der Waals surface area (Å²) >= 11 is 0. The molecule has 0 aromatic heterocycles. The summed E-state index contributed by atoms with van der Waals surface area (Å²) in [5.41, 5.74) is 6.11. The standard InChI is InChI=1S/C28H28N2O5/c1-18-12-14-19(15-13-18)26(27(33)29-16-6-11-25(31)32)30-28(34)35-17-24-22-9-4-2-7-20(22)21-8-3-5-10-23(21)24/h2-5,7-10,12-15,24,26H,6,11,16-17H2,1H3,(H,29,33)(H,30,34)(H,31,32). The van der Waals surface area contributed by atoms with E-state index in [4.69, 9.17) is 9.84 Å². The molecule has 0 heterocycles. The number of rotatable bonds is 9. The Balaban J connectivity index is 1.44. The lowest BCUT2D eigenvalue weighted by Crippen LogP contribution is -2.41. The van der Waals surface area contributed by atoms with E-state index in [2.05, 4.69) is 22.8 Å². The highest BCUT2D eigenvalue weighted by Crippen LogP contribution is 2.44. The molecule has 0 aliphatic heterocycles. The number of fused-ring (bicyclic) bond motifs is 3. The molecule has 0 fully saturated rings. The minimum absolute atomic E-state index is 0.0463. The van der Waals surface area contributed by atoms with Crippen molar-refractivity contribution >= 4 is 18.0 Å². The molecule has 0 bridgehead atoms. The van der Waals surface area contributed by atoms with Crippen LogP contribution in [0, 0.1) is 6.92 Å². The summed E-state index contributed by atoms with van der Waals surface area (Å²) in [6.07, 6.45) is -0.444. The second kappa shape index (κ2) is 10.9. The average molecular weight is 473 g/mol. The number of aliphatic carboxylic acids is 1. The van der Waals surface area contributed by atoms with Gasteiger partial charge in [-0.25, -0.2) is 4.79 Å². The summed E-state index contributed by atoms with van der Waals surface area (Å²) in [6.45, 7) is 2.27. The van der Waals surface area contributed by atoms with Gasteiger partial charge in [-0.2, -0.15) is 0 Å². The highest BCUT2D eigenvalue weighted by Gasteiger charge is 2.30. The van der Waals surface area contributed by atoms with E-state index >= 15 is 0 Å². The van der Waals surface area contributed by atoms with Crippen molar-refractivity contribution in [1.82, 2.24) is 10.6 Å². The molecule has 7 nitrogen and oxygen atoms in total. The van der Waals surface area contributed by atoms with Gasteiger partial charge in [-0.3, -0.25) is 9.59 Å². The molecule has 0 saturated carbocycles. The molecule has 0 radical (unpaired) electrons. The molecule has 180 valence electrons. The van der Waals surface area contributed by atoms with E-state index in [9.17, 15) is 14.4 Å². The van der Waals surface area contributed by atoms with E-state index in [1.807, 2.05) is 55.5 Å². The number of nitrogens with one attached hydrogen (secondary N) is 2. The van der Waals surface area contributed by atoms with Crippen LogP contribution in [0.5, 0.6) is 0 Å². The van der Waals surface area contributed by atoms with Crippen molar-refractivity contribution in [3.63, 3.8) is 0 Å². The molecule has 35 heavy (non-hydrogen) atoms. The Morgan fingerprint density at radius 2 is 1.51 bits per heavy atom. The molecular weight excluding hydrogens is 444 g/mol. The van der Waals surface area contributed by atoms with Gasteiger partial charge in [0.25, 0.3) is 0 Å². The summed E-state index contributed by atoms with van der Waals surface area (Å²) in [4.78, 5) is 36.4. The van der Waals surface area contributed by atoms with E-state index in [1.54, 1.807) is 12.1 Å². The third-order valence-corrected chi connectivity index (χ3v) is 6.15. The van der Waals surface area contributed by atoms with Crippen LogP contribution in [0.25, 0.3) is 11.1 Å². The maximum absolute atomic E-state index is 12.9. The average Bonchev–Trinajstić information content (AvgIpc) is 3.18. The first-order chi connectivity index (χ1) is 16.9. The van der Waals surface area contributed by atoms with Gasteiger partial charge in [0.15, 0.2) is 0 Å². The van der Waals surface area contributed by atoms with Gasteiger partial charge in [0.2, 0.25) is 5.91 Å². The summed E-state index contributed by atoms with van der Waals surface area (Å²) < 4.78 is 5.61. The lowest BCUT2D eigenvalue weighted by atomic mass is 9.98. The summed E-state index contributed by atoms with van der Waals surface area (Å²) in [5.74, 6) is -1.44. The SMILES string of the molecule is Cc1ccc(C(NC(=O)OCC2c3ccccc3-c3ccccc32)C(=O)NCCCC(=O)O)cc1. The van der Waals surface area contributed by atoms with Gasteiger partial charge in [0.05, 0.1) is 0 Å². The van der Waals surface area contributed by atoms with Crippen molar-refractivity contribution in [3.8, 4) is 11.1 Å². The van der Waals surface area contributed by atoms with Gasteiger partial charge in [-0.05, 0) is 41.2 Å². The van der Waals surface area contributed by atoms with Gasteiger partial charge in [0, 0.05) is 18.9 Å². The van der Waals surface area contributed by atoms with E-state index in [-0.39, 0.29) is 25.5 Å². The third kappa shape index (κ3) is 5.69. The van der Waals surface area contributed by atoms with Crippen LogP contribution >= 0.6 is 0 Å². The molecule has 4 rings (SSSR count). The highest BCUT2D eigenvalue weighted by molar-refractivity contribution is 5.87. The van der Waals surface area contributed by atoms with Crippen molar-refractivity contribution in [2.24, 2.45) is 0 Å². The quantitative estimate of drug-likeness (QED) is 0.396. The largest absolute Gasteiger partial charge is 0.481 e. The number of alkyl carbamates (subject to hydrolysis) is 1. The smallest absolute Gasteiger partial charge is 0.408 e. The van der Waals surface area contributed by atoms with Crippen molar-refractivity contribution in [1.29, 1.82) is 0 Å². The van der Waals surface area contributed by atoms with Crippen molar-refractivity contribution < 1.29 is 24.2 Å². The molecule has 3 aromatic carbocycles. The number of hydrogen-bond acceptors (Lipinski definition) is 4. The summed E-state index contributed by atoms with van der Waals surface area (Å²) in [7, 11) is 0. The van der Waals surface area contributed by atoms with Crippen LogP contribution < -0.4 is 10.6 Å². The van der Waals surface area contributed by atoms with Crippen molar-refractivity contribution in [2.75, 3.05) is 13.2 Å². The van der Waals surface area contributed by atoms with Crippen molar-refractivity contribution in [2.45, 2.75) is 31.7 Å². The van der Waals surface area contributed by atoms with Gasteiger partial charge in [-0.15, -0.1) is 0 Å². The maximum Gasteiger partial charge on any atom is 0.408 e. The minimum atomic E-state index is -0.962. The summed E-state index contributed by atoms with van der Waals surface area (Å²) in [6, 6.07) is 22.5. The Bertz CT molecular complexity index is 1180. The first kappa shape index (κ1) is 24.0. The predicted octanol–water partition coefficient (Wildman–Crippen LogP) is 4.56. The molecule has 0 saturated heterocycles. The van der Waals surface area contributed by atoms with E-state index in [1.165, 1.54) is 0 Å². The third-order valence-electron chi connectivity index (χ3n) is 6.15. The molecule has 1 unspecified atom stereocenters. The monoisotopic (exact) mass is 472 g/mol. The Hall–Kier alpha value is -4.13. The fourth-order valence-corrected chi connectivity index (χ4v) is 4.37. The van der Waals surface area contributed by atoms with E-state index in [0.29, 0.717) is 12.0 Å². The zero-order chi connectivity index (χ0) is 24.8. The van der Waals surface area contributed by atoms with Crippen LogP contribution in [-0.2, 0) is 14.3 Å². The van der Waals surface area contributed by atoms with Crippen LogP contribution in [0.2, 0.25) is 0 Å².